The first-order valence-electron chi connectivity index (χ1n) is 5.99. The van der Waals surface area contributed by atoms with E-state index in [0.29, 0.717) is 0 Å². The number of hydrogen-bond acceptors (Lipinski definition) is 2. The summed E-state index contributed by atoms with van der Waals surface area (Å²) in [6.45, 7) is 6.83. The van der Waals surface area contributed by atoms with Gasteiger partial charge in [0, 0.05) is 17.4 Å². The van der Waals surface area contributed by atoms with Gasteiger partial charge in [-0.3, -0.25) is 0 Å². The zero-order valence-corrected chi connectivity index (χ0v) is 9.79. The van der Waals surface area contributed by atoms with Gasteiger partial charge in [0.1, 0.15) is 0 Å². The third-order valence-corrected chi connectivity index (χ3v) is 3.48. The van der Waals surface area contributed by atoms with Crippen LogP contribution in [0.5, 0.6) is 0 Å². The minimum absolute atomic E-state index is 0.284. The fourth-order valence-corrected chi connectivity index (χ4v) is 2.46. The molecule has 1 fully saturated rings. The highest BCUT2D eigenvalue weighted by atomic mass is 15.1. The van der Waals surface area contributed by atoms with Crippen molar-refractivity contribution < 1.29 is 0 Å². The second-order valence-corrected chi connectivity index (χ2v) is 4.75. The van der Waals surface area contributed by atoms with E-state index < -0.39 is 0 Å². The monoisotopic (exact) mass is 207 g/mol. The molecule has 0 amide bonds. The second kappa shape index (κ2) is 4.35. The Bertz CT molecular complexity index is 310. The molecule has 0 radical (unpaired) electrons. The van der Waals surface area contributed by atoms with E-state index in [4.69, 9.17) is 0 Å². The van der Waals surface area contributed by atoms with Crippen molar-refractivity contribution in [3.63, 3.8) is 0 Å². The van der Waals surface area contributed by atoms with Gasteiger partial charge in [-0.1, -0.05) is 13.3 Å². The Balaban J connectivity index is 2.22. The van der Waals surface area contributed by atoms with Gasteiger partial charge in [-0.2, -0.15) is 0 Å². The quantitative estimate of drug-likeness (QED) is 0.821. The normalized spacial score (nSPS) is 20.4. The SMILES string of the molecule is CCCc1cncn1C1(C)CCNCC1. The van der Waals surface area contributed by atoms with Crippen LogP contribution in [0, 0.1) is 0 Å². The summed E-state index contributed by atoms with van der Waals surface area (Å²) in [6, 6.07) is 0. The van der Waals surface area contributed by atoms with Crippen molar-refractivity contribution >= 4 is 0 Å². The Labute approximate surface area is 91.9 Å². The lowest BCUT2D eigenvalue weighted by Crippen LogP contribution is -2.42. The highest BCUT2D eigenvalue weighted by Gasteiger charge is 2.29. The molecule has 1 aromatic heterocycles. The summed E-state index contributed by atoms with van der Waals surface area (Å²) in [5.74, 6) is 0. The van der Waals surface area contributed by atoms with Gasteiger partial charge >= 0.3 is 0 Å². The van der Waals surface area contributed by atoms with Gasteiger partial charge < -0.3 is 9.88 Å². The first-order valence-corrected chi connectivity index (χ1v) is 5.99. The highest BCUT2D eigenvalue weighted by Crippen LogP contribution is 2.28. The van der Waals surface area contributed by atoms with Crippen LogP contribution in [-0.4, -0.2) is 22.6 Å². The molecule has 0 bridgehead atoms. The van der Waals surface area contributed by atoms with Crippen LogP contribution in [0.4, 0.5) is 0 Å². The van der Waals surface area contributed by atoms with Gasteiger partial charge in [-0.25, -0.2) is 4.98 Å². The maximum atomic E-state index is 4.30. The zero-order chi connectivity index (χ0) is 10.7. The maximum absolute atomic E-state index is 4.30. The second-order valence-electron chi connectivity index (χ2n) is 4.75. The lowest BCUT2D eigenvalue weighted by molar-refractivity contribution is 0.225. The van der Waals surface area contributed by atoms with Crippen LogP contribution in [0.2, 0.25) is 0 Å². The third kappa shape index (κ3) is 2.07. The number of aromatic nitrogens is 2. The molecular weight excluding hydrogens is 186 g/mol. The molecule has 0 atom stereocenters. The lowest BCUT2D eigenvalue weighted by Gasteiger charge is -2.36. The molecule has 0 spiro atoms. The summed E-state index contributed by atoms with van der Waals surface area (Å²) in [7, 11) is 0. The van der Waals surface area contributed by atoms with E-state index in [0.717, 1.165) is 19.5 Å². The molecule has 1 saturated heterocycles. The van der Waals surface area contributed by atoms with Crippen LogP contribution in [0.3, 0.4) is 0 Å². The smallest absolute Gasteiger partial charge is 0.0953 e. The van der Waals surface area contributed by atoms with Gasteiger partial charge in [-0.15, -0.1) is 0 Å². The van der Waals surface area contributed by atoms with E-state index in [2.05, 4.69) is 28.7 Å². The van der Waals surface area contributed by atoms with Crippen LogP contribution in [0.15, 0.2) is 12.5 Å². The average molecular weight is 207 g/mol. The number of nitrogens with one attached hydrogen (secondary N) is 1. The molecule has 3 nitrogen and oxygen atoms in total. The molecule has 3 heteroatoms. The molecule has 1 aliphatic rings. The minimum atomic E-state index is 0.284. The van der Waals surface area contributed by atoms with Crippen molar-refractivity contribution in [3.8, 4) is 0 Å². The van der Waals surface area contributed by atoms with Crippen LogP contribution in [0.25, 0.3) is 0 Å². The third-order valence-electron chi connectivity index (χ3n) is 3.48. The van der Waals surface area contributed by atoms with Crippen molar-refractivity contribution in [2.45, 2.75) is 45.1 Å². The predicted molar refractivity (Wildman–Crippen MR) is 62.0 cm³/mol. The average Bonchev–Trinajstić information content (AvgIpc) is 2.68. The van der Waals surface area contributed by atoms with Crippen molar-refractivity contribution in [2.24, 2.45) is 0 Å². The molecule has 0 aromatic carbocycles. The summed E-state index contributed by atoms with van der Waals surface area (Å²) >= 11 is 0. The topological polar surface area (TPSA) is 29.9 Å². The molecule has 1 aromatic rings. The molecule has 2 heterocycles. The summed E-state index contributed by atoms with van der Waals surface area (Å²) in [6.07, 6.45) is 8.79. The fraction of sp³-hybridized carbons (Fsp3) is 0.750. The summed E-state index contributed by atoms with van der Waals surface area (Å²) in [5, 5.41) is 3.42. The van der Waals surface area contributed by atoms with Crippen LogP contribution in [0.1, 0.15) is 38.8 Å². The predicted octanol–water partition coefficient (Wildman–Crippen LogP) is 1.93. The maximum Gasteiger partial charge on any atom is 0.0953 e. The Morgan fingerprint density at radius 1 is 1.47 bits per heavy atom. The summed E-state index contributed by atoms with van der Waals surface area (Å²) in [5.41, 5.74) is 1.67. The molecule has 1 N–H and O–H groups in total. The molecule has 2 rings (SSSR count). The lowest BCUT2D eigenvalue weighted by atomic mass is 9.90. The standard InChI is InChI=1S/C12H21N3/c1-3-4-11-9-14-10-15(11)12(2)5-7-13-8-6-12/h9-10,13H,3-8H2,1-2H3. The van der Waals surface area contributed by atoms with Crippen molar-refractivity contribution in [1.82, 2.24) is 14.9 Å². The number of hydrogen-bond donors (Lipinski definition) is 1. The van der Waals surface area contributed by atoms with Crippen molar-refractivity contribution in [3.05, 3.63) is 18.2 Å². The first kappa shape index (κ1) is 10.7. The number of imidazole rings is 1. The van der Waals surface area contributed by atoms with Gasteiger partial charge in [-0.05, 0) is 39.3 Å². The number of rotatable bonds is 3. The van der Waals surface area contributed by atoms with E-state index in [1.165, 1.54) is 25.0 Å². The van der Waals surface area contributed by atoms with Crippen LogP contribution >= 0.6 is 0 Å². The number of piperidine rings is 1. The van der Waals surface area contributed by atoms with Crippen LogP contribution < -0.4 is 5.32 Å². The zero-order valence-electron chi connectivity index (χ0n) is 9.79. The van der Waals surface area contributed by atoms with E-state index in [9.17, 15) is 0 Å². The molecule has 0 aliphatic carbocycles. The van der Waals surface area contributed by atoms with Gasteiger partial charge in [0.2, 0.25) is 0 Å². The molecule has 0 unspecified atom stereocenters. The number of aryl methyl sites for hydroxylation is 1. The van der Waals surface area contributed by atoms with Gasteiger partial charge in [0.15, 0.2) is 0 Å². The molecular formula is C12H21N3. The fourth-order valence-electron chi connectivity index (χ4n) is 2.46. The Morgan fingerprint density at radius 2 is 2.20 bits per heavy atom. The summed E-state index contributed by atoms with van der Waals surface area (Å²) in [4.78, 5) is 4.30. The summed E-state index contributed by atoms with van der Waals surface area (Å²) < 4.78 is 2.40. The number of nitrogens with zero attached hydrogens (tertiary/aromatic N) is 2. The van der Waals surface area contributed by atoms with Crippen molar-refractivity contribution in [2.75, 3.05) is 13.1 Å². The Hall–Kier alpha value is -0.830. The Kier molecular flexibility index (Phi) is 3.10. The molecule has 84 valence electrons. The van der Waals surface area contributed by atoms with Crippen LogP contribution in [-0.2, 0) is 12.0 Å². The van der Waals surface area contributed by atoms with E-state index >= 15 is 0 Å². The van der Waals surface area contributed by atoms with E-state index in [1.807, 2.05) is 12.5 Å². The Morgan fingerprint density at radius 3 is 2.87 bits per heavy atom. The van der Waals surface area contributed by atoms with E-state index in [-0.39, 0.29) is 5.54 Å². The molecule has 1 aliphatic heterocycles. The largest absolute Gasteiger partial charge is 0.329 e. The van der Waals surface area contributed by atoms with Crippen molar-refractivity contribution in [1.29, 1.82) is 0 Å². The molecule has 0 saturated carbocycles. The highest BCUT2D eigenvalue weighted by molar-refractivity contribution is 5.05. The molecule has 15 heavy (non-hydrogen) atoms. The van der Waals surface area contributed by atoms with Gasteiger partial charge in [0.25, 0.3) is 0 Å². The first-order chi connectivity index (χ1) is 7.26. The van der Waals surface area contributed by atoms with Gasteiger partial charge in [0.05, 0.1) is 6.33 Å². The minimum Gasteiger partial charge on any atom is -0.329 e. The van der Waals surface area contributed by atoms with E-state index in [1.54, 1.807) is 0 Å².